The Labute approximate surface area is 150 Å². The van der Waals surface area contributed by atoms with E-state index < -0.39 is 30.8 Å². The lowest BCUT2D eigenvalue weighted by molar-refractivity contribution is -0.302. The van der Waals surface area contributed by atoms with Crippen LogP contribution in [0.4, 0.5) is 13.2 Å². The van der Waals surface area contributed by atoms with Crippen LogP contribution < -0.4 is 4.74 Å². The van der Waals surface area contributed by atoms with Crippen LogP contribution >= 0.6 is 0 Å². The van der Waals surface area contributed by atoms with E-state index in [4.69, 9.17) is 4.74 Å². The van der Waals surface area contributed by atoms with Crippen LogP contribution in [0.25, 0.3) is 0 Å². The molecular weight excluding hydrogens is 349 g/mol. The Morgan fingerprint density at radius 3 is 2.31 bits per heavy atom. The van der Waals surface area contributed by atoms with Crippen molar-refractivity contribution < 1.29 is 27.8 Å². The number of aliphatic hydroxyl groups is 1. The SMILES string of the molecule is Cc1cc(C)c(OCC(=O)N2N=C(C(C)C)C[C@@]2(O)C(F)(F)F)c(C)c1. The minimum absolute atomic E-state index is 0.112. The number of carbonyl (C=O) groups is 1. The van der Waals surface area contributed by atoms with E-state index >= 15 is 0 Å². The second kappa shape index (κ2) is 6.90. The molecular formula is C18H23F3N2O3. The minimum Gasteiger partial charge on any atom is -0.483 e. The van der Waals surface area contributed by atoms with Crippen molar-refractivity contribution in [3.8, 4) is 5.75 Å². The third-order valence-corrected chi connectivity index (χ3v) is 4.31. The maximum Gasteiger partial charge on any atom is 0.438 e. The van der Waals surface area contributed by atoms with E-state index in [-0.39, 0.29) is 16.6 Å². The van der Waals surface area contributed by atoms with Gasteiger partial charge in [0.15, 0.2) is 6.61 Å². The van der Waals surface area contributed by atoms with Gasteiger partial charge < -0.3 is 9.84 Å². The molecule has 1 amide bonds. The molecule has 0 bridgehead atoms. The van der Waals surface area contributed by atoms with Gasteiger partial charge in [-0.25, -0.2) is 0 Å². The largest absolute Gasteiger partial charge is 0.483 e. The second-order valence-electron chi connectivity index (χ2n) is 6.96. The molecule has 1 heterocycles. The molecule has 1 aliphatic heterocycles. The van der Waals surface area contributed by atoms with Gasteiger partial charge in [-0.15, -0.1) is 0 Å². The number of nitrogens with zero attached hydrogens (tertiary/aromatic N) is 2. The van der Waals surface area contributed by atoms with E-state index in [0.717, 1.165) is 16.7 Å². The first kappa shape index (κ1) is 20.2. The van der Waals surface area contributed by atoms with Crippen molar-refractivity contribution in [2.75, 3.05) is 6.61 Å². The molecule has 144 valence electrons. The molecule has 0 fully saturated rings. The molecule has 0 saturated heterocycles. The summed E-state index contributed by atoms with van der Waals surface area (Å²) in [5.41, 5.74) is -0.676. The third-order valence-electron chi connectivity index (χ3n) is 4.31. The average molecular weight is 372 g/mol. The average Bonchev–Trinajstić information content (AvgIpc) is 2.85. The summed E-state index contributed by atoms with van der Waals surface area (Å²) in [5.74, 6) is -0.948. The summed E-state index contributed by atoms with van der Waals surface area (Å²) in [6.07, 6.45) is -5.79. The normalized spacial score (nSPS) is 20.5. The molecule has 1 N–H and O–H groups in total. The van der Waals surface area contributed by atoms with Crippen LogP contribution in [-0.2, 0) is 4.79 Å². The van der Waals surface area contributed by atoms with Crippen molar-refractivity contribution >= 4 is 11.6 Å². The van der Waals surface area contributed by atoms with Gasteiger partial charge in [-0.05, 0) is 37.8 Å². The van der Waals surface area contributed by atoms with Gasteiger partial charge in [-0.2, -0.15) is 23.3 Å². The molecule has 1 aliphatic rings. The van der Waals surface area contributed by atoms with Gasteiger partial charge in [0.1, 0.15) is 5.75 Å². The van der Waals surface area contributed by atoms with Gasteiger partial charge >= 0.3 is 6.18 Å². The number of amides is 1. The molecule has 0 aromatic heterocycles. The van der Waals surface area contributed by atoms with Gasteiger partial charge in [0, 0.05) is 12.1 Å². The Morgan fingerprint density at radius 2 is 1.85 bits per heavy atom. The predicted molar refractivity (Wildman–Crippen MR) is 90.9 cm³/mol. The van der Waals surface area contributed by atoms with E-state index in [1.165, 1.54) is 0 Å². The zero-order valence-corrected chi connectivity index (χ0v) is 15.4. The zero-order chi connectivity index (χ0) is 19.9. The molecule has 0 aliphatic carbocycles. The minimum atomic E-state index is -5.03. The number of alkyl halides is 3. The number of aryl methyl sites for hydroxylation is 3. The summed E-state index contributed by atoms with van der Waals surface area (Å²) in [6, 6.07) is 3.70. The van der Waals surface area contributed by atoms with E-state index in [9.17, 15) is 23.1 Å². The summed E-state index contributed by atoms with van der Waals surface area (Å²) < 4.78 is 45.6. The predicted octanol–water partition coefficient (Wildman–Crippen LogP) is 3.49. The fraction of sp³-hybridized carbons (Fsp3) is 0.556. The molecule has 1 aromatic rings. The molecule has 1 atom stereocenters. The van der Waals surface area contributed by atoms with E-state index in [1.807, 2.05) is 19.1 Å². The maximum atomic E-state index is 13.4. The van der Waals surface area contributed by atoms with Crippen molar-refractivity contribution in [2.45, 2.75) is 52.9 Å². The van der Waals surface area contributed by atoms with E-state index in [1.54, 1.807) is 27.7 Å². The van der Waals surface area contributed by atoms with Gasteiger partial charge in [0.25, 0.3) is 11.6 Å². The summed E-state index contributed by atoms with van der Waals surface area (Å²) in [4.78, 5) is 12.4. The lowest BCUT2D eigenvalue weighted by atomic mass is 9.99. The highest BCUT2D eigenvalue weighted by molar-refractivity contribution is 5.92. The Hall–Kier alpha value is -2.09. The topological polar surface area (TPSA) is 62.1 Å². The second-order valence-corrected chi connectivity index (χ2v) is 6.96. The van der Waals surface area contributed by atoms with Gasteiger partial charge in [-0.1, -0.05) is 31.5 Å². The standard InChI is InChI=1S/C18H23F3N2O3/c1-10(2)14-8-17(25,18(19,20)21)23(22-14)15(24)9-26-16-12(4)6-11(3)7-13(16)5/h6-7,10,25H,8-9H2,1-5H3/t17-/m1/s1. The number of hydrogen-bond donors (Lipinski definition) is 1. The molecule has 8 heteroatoms. The fourth-order valence-corrected chi connectivity index (χ4v) is 2.97. The van der Waals surface area contributed by atoms with Crippen molar-refractivity contribution in [3.05, 3.63) is 28.8 Å². The number of hydrazone groups is 1. The Kier molecular flexibility index (Phi) is 5.37. The van der Waals surface area contributed by atoms with Gasteiger partial charge in [0.2, 0.25) is 0 Å². The van der Waals surface area contributed by atoms with Crippen LogP contribution in [0.5, 0.6) is 5.75 Å². The van der Waals surface area contributed by atoms with Crippen LogP contribution in [0.1, 0.15) is 37.0 Å². The number of hydrogen-bond acceptors (Lipinski definition) is 4. The van der Waals surface area contributed by atoms with Crippen LogP contribution in [-0.4, -0.2) is 40.2 Å². The van der Waals surface area contributed by atoms with E-state index in [0.29, 0.717) is 5.75 Å². The number of benzene rings is 1. The highest BCUT2D eigenvalue weighted by atomic mass is 19.4. The van der Waals surface area contributed by atoms with Crippen molar-refractivity contribution in [1.82, 2.24) is 5.01 Å². The third kappa shape index (κ3) is 3.70. The monoisotopic (exact) mass is 372 g/mol. The molecule has 5 nitrogen and oxygen atoms in total. The number of rotatable bonds is 4. The zero-order valence-electron chi connectivity index (χ0n) is 15.4. The highest BCUT2D eigenvalue weighted by Gasteiger charge is 2.63. The maximum absolute atomic E-state index is 13.4. The Bertz CT molecular complexity index is 721. The molecule has 0 unspecified atom stereocenters. The van der Waals surface area contributed by atoms with Crippen LogP contribution in [0.2, 0.25) is 0 Å². The fourth-order valence-electron chi connectivity index (χ4n) is 2.97. The van der Waals surface area contributed by atoms with Crippen molar-refractivity contribution in [2.24, 2.45) is 11.0 Å². The summed E-state index contributed by atoms with van der Waals surface area (Å²) in [7, 11) is 0. The van der Waals surface area contributed by atoms with Crippen LogP contribution in [0.15, 0.2) is 17.2 Å². The smallest absolute Gasteiger partial charge is 0.438 e. The molecule has 2 rings (SSSR count). The number of ether oxygens (including phenoxy) is 1. The first-order valence-electron chi connectivity index (χ1n) is 8.27. The molecule has 26 heavy (non-hydrogen) atoms. The Morgan fingerprint density at radius 1 is 1.31 bits per heavy atom. The lowest BCUT2D eigenvalue weighted by Gasteiger charge is -2.32. The van der Waals surface area contributed by atoms with Gasteiger partial charge in [0.05, 0.1) is 0 Å². The molecule has 0 saturated carbocycles. The molecule has 1 aromatic carbocycles. The summed E-state index contributed by atoms with van der Waals surface area (Å²) >= 11 is 0. The lowest BCUT2D eigenvalue weighted by Crippen LogP contribution is -2.57. The summed E-state index contributed by atoms with van der Waals surface area (Å²) in [5, 5.41) is 14.0. The Balaban J connectivity index is 2.24. The highest BCUT2D eigenvalue weighted by Crippen LogP contribution is 2.41. The van der Waals surface area contributed by atoms with Gasteiger partial charge in [-0.3, -0.25) is 4.79 Å². The van der Waals surface area contributed by atoms with Crippen LogP contribution in [0.3, 0.4) is 0 Å². The van der Waals surface area contributed by atoms with Crippen molar-refractivity contribution in [1.29, 1.82) is 0 Å². The number of carbonyl (C=O) groups excluding carboxylic acids is 1. The quantitative estimate of drug-likeness (QED) is 0.880. The number of halogens is 3. The summed E-state index contributed by atoms with van der Waals surface area (Å²) in [6.45, 7) is 8.13. The first-order chi connectivity index (χ1) is 11.9. The van der Waals surface area contributed by atoms with Crippen molar-refractivity contribution in [3.63, 3.8) is 0 Å². The van der Waals surface area contributed by atoms with E-state index in [2.05, 4.69) is 5.10 Å². The van der Waals surface area contributed by atoms with Crippen LogP contribution in [0, 0.1) is 26.7 Å². The molecule has 0 spiro atoms. The molecule has 0 radical (unpaired) electrons. The first-order valence-corrected chi connectivity index (χ1v) is 8.27.